The van der Waals surface area contributed by atoms with E-state index in [2.05, 4.69) is 0 Å². The fourth-order valence-electron chi connectivity index (χ4n) is 2.34. The third kappa shape index (κ3) is 2.72. The van der Waals surface area contributed by atoms with E-state index >= 15 is 0 Å². The van der Waals surface area contributed by atoms with Crippen LogP contribution in [0.1, 0.15) is 37.3 Å². The van der Waals surface area contributed by atoms with Gasteiger partial charge in [-0.1, -0.05) is 19.3 Å². The van der Waals surface area contributed by atoms with Gasteiger partial charge in [-0.2, -0.15) is 0 Å². The molecule has 1 aromatic rings. The molecule has 0 spiro atoms. The topological polar surface area (TPSA) is 44.5 Å². The van der Waals surface area contributed by atoms with E-state index < -0.39 is 0 Å². The predicted octanol–water partition coefficient (Wildman–Crippen LogP) is 2.89. The first-order valence-corrected chi connectivity index (χ1v) is 6.22. The highest BCUT2D eigenvalue weighted by molar-refractivity contribution is 5.42. The van der Waals surface area contributed by atoms with Crippen molar-refractivity contribution in [2.75, 3.05) is 14.2 Å². The van der Waals surface area contributed by atoms with Crippen molar-refractivity contribution in [2.24, 2.45) is 11.7 Å². The summed E-state index contributed by atoms with van der Waals surface area (Å²) in [5.41, 5.74) is 7.32. The van der Waals surface area contributed by atoms with Crippen LogP contribution >= 0.6 is 0 Å². The van der Waals surface area contributed by atoms with Crippen LogP contribution in [0.3, 0.4) is 0 Å². The largest absolute Gasteiger partial charge is 0.497 e. The average molecular weight is 235 g/mol. The number of methoxy groups -OCH3 is 2. The molecule has 3 nitrogen and oxygen atoms in total. The summed E-state index contributed by atoms with van der Waals surface area (Å²) in [4.78, 5) is 0. The Labute approximate surface area is 103 Å². The van der Waals surface area contributed by atoms with E-state index in [9.17, 15) is 0 Å². The van der Waals surface area contributed by atoms with Crippen LogP contribution in [0.25, 0.3) is 0 Å². The molecule has 0 bridgehead atoms. The first kappa shape index (κ1) is 12.2. The van der Waals surface area contributed by atoms with Crippen molar-refractivity contribution in [3.05, 3.63) is 23.8 Å². The summed E-state index contributed by atoms with van der Waals surface area (Å²) in [6.07, 6.45) is 5.04. The Morgan fingerprint density at radius 1 is 1.29 bits per heavy atom. The van der Waals surface area contributed by atoms with Gasteiger partial charge in [-0.15, -0.1) is 0 Å². The maximum absolute atomic E-state index is 6.27. The zero-order valence-corrected chi connectivity index (χ0v) is 10.6. The first-order valence-electron chi connectivity index (χ1n) is 6.22. The van der Waals surface area contributed by atoms with E-state index in [1.54, 1.807) is 14.2 Å². The van der Waals surface area contributed by atoms with Crippen molar-refractivity contribution < 1.29 is 9.47 Å². The van der Waals surface area contributed by atoms with Crippen molar-refractivity contribution in [1.82, 2.24) is 0 Å². The van der Waals surface area contributed by atoms with Gasteiger partial charge in [0.1, 0.15) is 11.5 Å². The second-order valence-corrected chi connectivity index (χ2v) is 4.75. The molecule has 1 aromatic carbocycles. The third-order valence-corrected chi connectivity index (χ3v) is 3.65. The van der Waals surface area contributed by atoms with E-state index in [0.29, 0.717) is 0 Å². The molecule has 0 aromatic heterocycles. The minimum Gasteiger partial charge on any atom is -0.497 e. The number of rotatable bonds is 5. The highest BCUT2D eigenvalue weighted by Crippen LogP contribution is 2.37. The Hall–Kier alpha value is -1.22. The Bertz CT molecular complexity index is 374. The SMILES string of the molecule is COc1ccc(OC)c(C(N)CC2CCC2)c1. The van der Waals surface area contributed by atoms with Crippen LogP contribution in [-0.2, 0) is 0 Å². The molecular weight excluding hydrogens is 214 g/mol. The van der Waals surface area contributed by atoms with Crippen LogP contribution in [0.4, 0.5) is 0 Å². The summed E-state index contributed by atoms with van der Waals surface area (Å²) < 4.78 is 10.6. The number of benzene rings is 1. The van der Waals surface area contributed by atoms with E-state index in [-0.39, 0.29) is 6.04 Å². The maximum Gasteiger partial charge on any atom is 0.123 e. The van der Waals surface area contributed by atoms with E-state index in [4.69, 9.17) is 15.2 Å². The maximum atomic E-state index is 6.27. The van der Waals surface area contributed by atoms with Gasteiger partial charge in [0.05, 0.1) is 14.2 Å². The minimum absolute atomic E-state index is 0.0466. The lowest BCUT2D eigenvalue weighted by Crippen LogP contribution is -2.20. The van der Waals surface area contributed by atoms with Crippen LogP contribution in [0.5, 0.6) is 11.5 Å². The second kappa shape index (κ2) is 5.41. The van der Waals surface area contributed by atoms with Crippen LogP contribution < -0.4 is 15.2 Å². The zero-order valence-electron chi connectivity index (χ0n) is 10.6. The highest BCUT2D eigenvalue weighted by atomic mass is 16.5. The van der Waals surface area contributed by atoms with Crippen molar-refractivity contribution in [1.29, 1.82) is 0 Å². The summed E-state index contributed by atoms with van der Waals surface area (Å²) in [5, 5.41) is 0. The lowest BCUT2D eigenvalue weighted by atomic mass is 9.80. The predicted molar refractivity (Wildman–Crippen MR) is 68.4 cm³/mol. The summed E-state index contributed by atoms with van der Waals surface area (Å²) in [6, 6.07) is 5.86. The number of hydrogen-bond donors (Lipinski definition) is 1. The van der Waals surface area contributed by atoms with Crippen molar-refractivity contribution in [2.45, 2.75) is 31.7 Å². The normalized spacial score (nSPS) is 17.4. The van der Waals surface area contributed by atoms with E-state index in [0.717, 1.165) is 29.4 Å². The molecule has 1 aliphatic carbocycles. The quantitative estimate of drug-likeness (QED) is 0.853. The second-order valence-electron chi connectivity index (χ2n) is 4.75. The fraction of sp³-hybridized carbons (Fsp3) is 0.571. The monoisotopic (exact) mass is 235 g/mol. The lowest BCUT2D eigenvalue weighted by molar-refractivity contribution is 0.274. The van der Waals surface area contributed by atoms with Crippen LogP contribution in [0, 0.1) is 5.92 Å². The Kier molecular flexibility index (Phi) is 3.89. The summed E-state index contributed by atoms with van der Waals surface area (Å²) in [5.74, 6) is 2.49. The molecular formula is C14H21NO2. The molecule has 94 valence electrons. The molecule has 1 unspecified atom stereocenters. The third-order valence-electron chi connectivity index (χ3n) is 3.65. The fourth-order valence-corrected chi connectivity index (χ4v) is 2.34. The van der Waals surface area contributed by atoms with E-state index in [1.807, 2.05) is 18.2 Å². The van der Waals surface area contributed by atoms with Crippen molar-refractivity contribution >= 4 is 0 Å². The van der Waals surface area contributed by atoms with Gasteiger partial charge >= 0.3 is 0 Å². The van der Waals surface area contributed by atoms with Gasteiger partial charge < -0.3 is 15.2 Å². The summed E-state index contributed by atoms with van der Waals surface area (Å²) in [7, 11) is 3.35. The highest BCUT2D eigenvalue weighted by Gasteiger charge is 2.22. The molecule has 1 fully saturated rings. The van der Waals surface area contributed by atoms with Crippen molar-refractivity contribution in [3.63, 3.8) is 0 Å². The Morgan fingerprint density at radius 2 is 2.06 bits per heavy atom. The van der Waals surface area contributed by atoms with Gasteiger partial charge in [-0.25, -0.2) is 0 Å². The summed E-state index contributed by atoms with van der Waals surface area (Å²) in [6.45, 7) is 0. The molecule has 2 rings (SSSR count). The number of nitrogens with two attached hydrogens (primary N) is 1. The summed E-state index contributed by atoms with van der Waals surface area (Å²) >= 11 is 0. The van der Waals surface area contributed by atoms with Gasteiger partial charge in [0.25, 0.3) is 0 Å². The van der Waals surface area contributed by atoms with Crippen LogP contribution in [0.2, 0.25) is 0 Å². The van der Waals surface area contributed by atoms with Gasteiger partial charge in [-0.05, 0) is 30.5 Å². The van der Waals surface area contributed by atoms with Gasteiger partial charge in [-0.3, -0.25) is 0 Å². The number of hydrogen-bond acceptors (Lipinski definition) is 3. The zero-order chi connectivity index (χ0) is 12.3. The molecule has 0 saturated heterocycles. The number of ether oxygens (including phenoxy) is 2. The van der Waals surface area contributed by atoms with Crippen LogP contribution in [-0.4, -0.2) is 14.2 Å². The Balaban J connectivity index is 2.15. The molecule has 0 radical (unpaired) electrons. The first-order chi connectivity index (χ1) is 8.24. The van der Waals surface area contributed by atoms with Crippen LogP contribution in [0.15, 0.2) is 18.2 Å². The molecule has 1 atom stereocenters. The molecule has 1 saturated carbocycles. The minimum atomic E-state index is 0.0466. The Morgan fingerprint density at radius 3 is 2.59 bits per heavy atom. The molecule has 2 N–H and O–H groups in total. The smallest absolute Gasteiger partial charge is 0.123 e. The molecule has 0 aliphatic heterocycles. The van der Waals surface area contributed by atoms with Crippen molar-refractivity contribution in [3.8, 4) is 11.5 Å². The average Bonchev–Trinajstić information content (AvgIpc) is 2.32. The van der Waals surface area contributed by atoms with Gasteiger partial charge in [0, 0.05) is 11.6 Å². The van der Waals surface area contributed by atoms with Gasteiger partial charge in [0.15, 0.2) is 0 Å². The molecule has 3 heteroatoms. The molecule has 1 aliphatic rings. The lowest BCUT2D eigenvalue weighted by Gasteiger charge is -2.28. The molecule has 17 heavy (non-hydrogen) atoms. The van der Waals surface area contributed by atoms with Gasteiger partial charge in [0.2, 0.25) is 0 Å². The standard InChI is InChI=1S/C14H21NO2/c1-16-11-6-7-14(17-2)12(9-11)13(15)8-10-4-3-5-10/h6-7,9-10,13H,3-5,8,15H2,1-2H3. The van der Waals surface area contributed by atoms with E-state index in [1.165, 1.54) is 19.3 Å². The molecule has 0 amide bonds. The molecule has 0 heterocycles.